The van der Waals surface area contributed by atoms with Crippen LogP contribution >= 0.6 is 11.3 Å². The van der Waals surface area contributed by atoms with Gasteiger partial charge in [0, 0.05) is 47.9 Å². The lowest BCUT2D eigenvalue weighted by Gasteiger charge is -2.34. The number of amides is 2. The highest BCUT2D eigenvalue weighted by atomic mass is 32.2. The van der Waals surface area contributed by atoms with Crippen molar-refractivity contribution in [1.29, 1.82) is 0 Å². The Morgan fingerprint density at radius 1 is 1.27 bits per heavy atom. The van der Waals surface area contributed by atoms with E-state index in [0.717, 1.165) is 22.7 Å². The fraction of sp³-hybridized carbons (Fsp3) is 0.417. The molecule has 1 saturated carbocycles. The van der Waals surface area contributed by atoms with Crippen LogP contribution in [0, 0.1) is 0 Å². The maximum atomic E-state index is 13.0. The highest BCUT2D eigenvalue weighted by molar-refractivity contribution is 7.94. The number of carbonyl (C=O) groups excluding carboxylic acids is 1. The molecule has 2 aromatic heterocycles. The van der Waals surface area contributed by atoms with Crippen molar-refractivity contribution in [2.45, 2.75) is 34.9 Å². The van der Waals surface area contributed by atoms with E-state index in [4.69, 9.17) is 19.8 Å². The van der Waals surface area contributed by atoms with Crippen LogP contribution in [0.4, 0.5) is 16.3 Å². The molecule has 2 amide bonds. The molecule has 1 saturated heterocycles. The lowest BCUT2D eigenvalue weighted by molar-refractivity contribution is 0.0985. The number of carbonyl (C=O) groups is 1. The minimum Gasteiger partial charge on any atom is -0.395 e. The Morgan fingerprint density at radius 2 is 2.08 bits per heavy atom. The Bertz CT molecular complexity index is 1350. The van der Waals surface area contributed by atoms with E-state index in [0.29, 0.717) is 43.4 Å². The molecule has 2 unspecified atom stereocenters. The van der Waals surface area contributed by atoms with E-state index in [-0.39, 0.29) is 29.5 Å². The molecule has 13 heteroatoms. The third kappa shape index (κ3) is 5.59. The molecule has 2 fully saturated rings. The van der Waals surface area contributed by atoms with Crippen LogP contribution in [-0.2, 0) is 14.6 Å². The summed E-state index contributed by atoms with van der Waals surface area (Å²) in [4.78, 5) is 27.7. The topological polar surface area (TPSA) is 147 Å². The standard InChI is InChI=1S/C24H28N6O5S2/c1-15-14-35-10-8-30(15)21-13-19(18-12-20(18)37(33,34)24-26-7-11-36-24)28-22(29-21)16-2-4-17(5-3-16)27-23(32)25-6-9-31/h2-5,7,11,13,15,18,20,31H,6,8-10,12,14H2,1H3,(H2,25,27,32)/t15-,18?,20?/m0/s1. The van der Waals surface area contributed by atoms with Gasteiger partial charge in [0.15, 0.2) is 5.82 Å². The van der Waals surface area contributed by atoms with Crippen molar-refractivity contribution in [3.63, 3.8) is 0 Å². The second-order valence-corrected chi connectivity index (χ2v) is 12.2. The van der Waals surface area contributed by atoms with Gasteiger partial charge in [-0.2, -0.15) is 0 Å². The second kappa shape index (κ2) is 10.7. The van der Waals surface area contributed by atoms with Crippen LogP contribution in [0.5, 0.6) is 0 Å². The second-order valence-electron chi connectivity index (χ2n) is 9.00. The van der Waals surface area contributed by atoms with Crippen LogP contribution in [0.2, 0.25) is 0 Å². The third-order valence-corrected chi connectivity index (χ3v) is 9.82. The molecular weight excluding hydrogens is 516 g/mol. The molecule has 1 aliphatic carbocycles. The van der Waals surface area contributed by atoms with E-state index < -0.39 is 21.1 Å². The lowest BCUT2D eigenvalue weighted by atomic mass is 10.1. The first-order valence-electron chi connectivity index (χ1n) is 12.0. The van der Waals surface area contributed by atoms with Gasteiger partial charge in [0.05, 0.1) is 36.8 Å². The summed E-state index contributed by atoms with van der Waals surface area (Å²) in [5.41, 5.74) is 2.01. The molecule has 0 bridgehead atoms. The number of hydrogen-bond acceptors (Lipinski definition) is 10. The predicted molar refractivity (Wildman–Crippen MR) is 140 cm³/mol. The Morgan fingerprint density at radius 3 is 2.78 bits per heavy atom. The zero-order valence-electron chi connectivity index (χ0n) is 20.2. The number of thiazole rings is 1. The molecular formula is C24H28N6O5S2. The monoisotopic (exact) mass is 544 g/mol. The zero-order chi connectivity index (χ0) is 26.0. The Hall–Kier alpha value is -3.13. The molecule has 196 valence electrons. The summed E-state index contributed by atoms with van der Waals surface area (Å²) >= 11 is 1.13. The van der Waals surface area contributed by atoms with Crippen LogP contribution in [0.25, 0.3) is 11.4 Å². The SMILES string of the molecule is C[C@H]1COCCN1c1cc(C2CC2S(=O)(=O)c2nccs2)nc(-c2ccc(NC(=O)NCCO)cc2)n1. The first-order valence-corrected chi connectivity index (χ1v) is 14.4. The summed E-state index contributed by atoms with van der Waals surface area (Å²) in [6, 6.07) is 8.71. The molecule has 0 spiro atoms. The predicted octanol–water partition coefficient (Wildman–Crippen LogP) is 2.27. The summed E-state index contributed by atoms with van der Waals surface area (Å²) in [5, 5.41) is 15.2. The fourth-order valence-electron chi connectivity index (χ4n) is 4.34. The molecule has 3 N–H and O–H groups in total. The van der Waals surface area contributed by atoms with Gasteiger partial charge in [-0.3, -0.25) is 0 Å². The van der Waals surface area contributed by atoms with Gasteiger partial charge < -0.3 is 25.4 Å². The highest BCUT2D eigenvalue weighted by Gasteiger charge is 2.51. The highest BCUT2D eigenvalue weighted by Crippen LogP contribution is 2.48. The smallest absolute Gasteiger partial charge is 0.319 e. The van der Waals surface area contributed by atoms with E-state index in [1.54, 1.807) is 17.5 Å². The van der Waals surface area contributed by atoms with E-state index in [2.05, 4.69) is 27.4 Å². The van der Waals surface area contributed by atoms with Crippen LogP contribution in [0.1, 0.15) is 25.0 Å². The normalized spacial score (nSPS) is 21.5. The average molecular weight is 545 g/mol. The van der Waals surface area contributed by atoms with Crippen molar-refractivity contribution in [1.82, 2.24) is 20.3 Å². The van der Waals surface area contributed by atoms with E-state index in [1.165, 1.54) is 6.20 Å². The number of nitrogens with one attached hydrogen (secondary N) is 2. The van der Waals surface area contributed by atoms with Crippen molar-refractivity contribution in [2.24, 2.45) is 0 Å². The Balaban J connectivity index is 1.44. The van der Waals surface area contributed by atoms with Gasteiger partial charge in [-0.05, 0) is 37.6 Å². The van der Waals surface area contributed by atoms with E-state index in [9.17, 15) is 13.2 Å². The number of nitrogens with zero attached hydrogens (tertiary/aromatic N) is 4. The number of rotatable bonds is 8. The largest absolute Gasteiger partial charge is 0.395 e. The summed E-state index contributed by atoms with van der Waals surface area (Å²) in [5.74, 6) is 0.986. The maximum absolute atomic E-state index is 13.0. The van der Waals surface area contributed by atoms with Gasteiger partial charge in [0.2, 0.25) is 14.2 Å². The summed E-state index contributed by atoms with van der Waals surface area (Å²) in [7, 11) is -3.52. The first-order chi connectivity index (χ1) is 17.9. The minimum atomic E-state index is -3.52. The lowest BCUT2D eigenvalue weighted by Crippen LogP contribution is -2.44. The van der Waals surface area contributed by atoms with Crippen molar-refractivity contribution in [3.8, 4) is 11.4 Å². The number of urea groups is 1. The Labute approximate surface area is 218 Å². The molecule has 2 aliphatic rings. The molecule has 5 rings (SSSR count). The number of ether oxygens (including phenoxy) is 1. The molecule has 1 aromatic carbocycles. The van der Waals surface area contributed by atoms with Gasteiger partial charge in [-0.15, -0.1) is 11.3 Å². The molecule has 0 radical (unpaired) electrons. The van der Waals surface area contributed by atoms with Gasteiger partial charge >= 0.3 is 6.03 Å². The van der Waals surface area contributed by atoms with Crippen LogP contribution < -0.4 is 15.5 Å². The number of anilines is 2. The molecule has 3 atom stereocenters. The van der Waals surface area contributed by atoms with Gasteiger partial charge in [-0.25, -0.2) is 28.2 Å². The number of benzene rings is 1. The number of aliphatic hydroxyl groups is 1. The number of morpholine rings is 1. The minimum absolute atomic E-state index is 0.113. The number of aromatic nitrogens is 3. The Kier molecular flexibility index (Phi) is 7.38. The van der Waals surface area contributed by atoms with E-state index in [1.807, 2.05) is 18.2 Å². The van der Waals surface area contributed by atoms with Crippen molar-refractivity contribution >= 4 is 38.7 Å². The molecule has 1 aliphatic heterocycles. The summed E-state index contributed by atoms with van der Waals surface area (Å²) < 4.78 is 31.8. The quantitative estimate of drug-likeness (QED) is 0.389. The number of sulfone groups is 1. The first kappa shape index (κ1) is 25.5. The fourth-order valence-corrected chi connectivity index (χ4v) is 7.27. The number of aliphatic hydroxyl groups excluding tert-OH is 1. The molecule has 3 heterocycles. The molecule has 37 heavy (non-hydrogen) atoms. The van der Waals surface area contributed by atoms with Crippen LogP contribution in [0.15, 0.2) is 46.2 Å². The van der Waals surface area contributed by atoms with E-state index >= 15 is 0 Å². The van der Waals surface area contributed by atoms with Gasteiger partial charge in [0.25, 0.3) is 0 Å². The van der Waals surface area contributed by atoms with Crippen LogP contribution in [0.3, 0.4) is 0 Å². The van der Waals surface area contributed by atoms with Gasteiger partial charge in [0.1, 0.15) is 5.82 Å². The van der Waals surface area contributed by atoms with Crippen molar-refractivity contribution in [2.75, 3.05) is 43.1 Å². The van der Waals surface area contributed by atoms with Crippen molar-refractivity contribution in [3.05, 3.63) is 47.6 Å². The van der Waals surface area contributed by atoms with Crippen LogP contribution in [-0.4, -0.2) is 78.7 Å². The molecule has 3 aromatic rings. The van der Waals surface area contributed by atoms with Gasteiger partial charge in [-0.1, -0.05) is 0 Å². The van der Waals surface area contributed by atoms with Crippen molar-refractivity contribution < 1.29 is 23.1 Å². The summed E-state index contributed by atoms with van der Waals surface area (Å²) in [6.45, 7) is 3.93. The average Bonchev–Trinajstić information content (AvgIpc) is 3.53. The third-order valence-electron chi connectivity index (χ3n) is 6.36. The maximum Gasteiger partial charge on any atom is 0.319 e. The zero-order valence-corrected chi connectivity index (χ0v) is 21.8. The number of hydrogen-bond donors (Lipinski definition) is 3. The summed E-state index contributed by atoms with van der Waals surface area (Å²) in [6.07, 6.45) is 1.99. The molecule has 11 nitrogen and oxygen atoms in total.